The third-order valence-corrected chi connectivity index (χ3v) is 3.04. The molecule has 3 N–H and O–H groups in total. The second kappa shape index (κ2) is 5.27. The maximum atomic E-state index is 12.1. The third kappa shape index (κ3) is 3.03. The number of aromatic nitrogens is 1. The summed E-state index contributed by atoms with van der Waals surface area (Å²) < 4.78 is 2.53. The van der Waals surface area contributed by atoms with Crippen LogP contribution in [0, 0.1) is 0 Å². The Morgan fingerprint density at radius 3 is 2.63 bits per heavy atom. The van der Waals surface area contributed by atoms with Gasteiger partial charge in [0.1, 0.15) is 5.69 Å². The molecular weight excluding hydrogens is 310 g/mol. The van der Waals surface area contributed by atoms with Gasteiger partial charge in [0, 0.05) is 29.0 Å². The third-order valence-electron chi connectivity index (χ3n) is 2.61. The maximum absolute atomic E-state index is 12.1. The molecule has 0 saturated heterocycles. The summed E-state index contributed by atoms with van der Waals surface area (Å²) in [7, 11) is 1.78. The lowest BCUT2D eigenvalue weighted by molar-refractivity contribution is 0.0995. The number of carbonyl (C=O) groups is 2. The molecule has 0 aliphatic rings. The highest BCUT2D eigenvalue weighted by Gasteiger charge is 2.11. The van der Waals surface area contributed by atoms with Crippen LogP contribution in [0.2, 0.25) is 0 Å². The molecule has 19 heavy (non-hydrogen) atoms. The monoisotopic (exact) mass is 321 g/mol. The predicted molar refractivity (Wildman–Crippen MR) is 76.0 cm³/mol. The summed E-state index contributed by atoms with van der Waals surface area (Å²) in [5.74, 6) is -0.785. The van der Waals surface area contributed by atoms with E-state index in [4.69, 9.17) is 5.73 Å². The molecule has 2 rings (SSSR count). The SMILES string of the molecule is Cn1cc(Br)cc1C(=O)Nc1cccc(C(N)=O)c1. The number of halogens is 1. The van der Waals surface area contributed by atoms with Crippen molar-refractivity contribution in [2.45, 2.75) is 0 Å². The zero-order valence-corrected chi connectivity index (χ0v) is 11.8. The van der Waals surface area contributed by atoms with Crippen LogP contribution in [0.4, 0.5) is 5.69 Å². The first kappa shape index (κ1) is 13.4. The highest BCUT2D eigenvalue weighted by molar-refractivity contribution is 9.10. The second-order valence-electron chi connectivity index (χ2n) is 4.05. The predicted octanol–water partition coefficient (Wildman–Crippen LogP) is 2.14. The van der Waals surface area contributed by atoms with E-state index in [1.807, 2.05) is 0 Å². The lowest BCUT2D eigenvalue weighted by atomic mass is 10.2. The van der Waals surface area contributed by atoms with Crippen molar-refractivity contribution in [3.63, 3.8) is 0 Å². The molecule has 0 aliphatic heterocycles. The van der Waals surface area contributed by atoms with Crippen LogP contribution in [0.25, 0.3) is 0 Å². The van der Waals surface area contributed by atoms with Gasteiger partial charge in [-0.2, -0.15) is 0 Å². The molecular formula is C13H12BrN3O2. The molecule has 0 saturated carbocycles. The van der Waals surface area contributed by atoms with Crippen molar-refractivity contribution >= 4 is 33.4 Å². The number of amides is 2. The molecule has 1 aromatic heterocycles. The van der Waals surface area contributed by atoms with Crippen molar-refractivity contribution in [2.24, 2.45) is 12.8 Å². The van der Waals surface area contributed by atoms with Gasteiger partial charge in [-0.05, 0) is 40.2 Å². The van der Waals surface area contributed by atoms with Crippen molar-refractivity contribution in [1.29, 1.82) is 0 Å². The van der Waals surface area contributed by atoms with Crippen molar-refractivity contribution in [1.82, 2.24) is 4.57 Å². The smallest absolute Gasteiger partial charge is 0.272 e. The number of nitrogens with one attached hydrogen (secondary N) is 1. The van der Waals surface area contributed by atoms with Crippen LogP contribution in [0.5, 0.6) is 0 Å². The first-order chi connectivity index (χ1) is 8.97. The summed E-state index contributed by atoms with van der Waals surface area (Å²) in [4.78, 5) is 23.1. The Morgan fingerprint density at radius 1 is 1.32 bits per heavy atom. The Kier molecular flexibility index (Phi) is 3.71. The highest BCUT2D eigenvalue weighted by atomic mass is 79.9. The number of rotatable bonds is 3. The van der Waals surface area contributed by atoms with Crippen molar-refractivity contribution in [2.75, 3.05) is 5.32 Å². The standard InChI is InChI=1S/C13H12BrN3O2/c1-17-7-9(14)6-11(17)13(19)16-10-4-2-3-8(5-10)12(15)18/h2-7H,1H3,(H2,15,18)(H,16,19). The second-order valence-corrected chi connectivity index (χ2v) is 4.97. The van der Waals surface area contributed by atoms with E-state index in [-0.39, 0.29) is 5.91 Å². The number of nitrogens with two attached hydrogens (primary N) is 1. The van der Waals surface area contributed by atoms with Crippen LogP contribution in [-0.4, -0.2) is 16.4 Å². The molecule has 0 atom stereocenters. The normalized spacial score (nSPS) is 10.2. The summed E-state index contributed by atoms with van der Waals surface area (Å²) in [6.45, 7) is 0. The van der Waals surface area contributed by atoms with Crippen LogP contribution in [0.15, 0.2) is 41.0 Å². The molecule has 6 heteroatoms. The van der Waals surface area contributed by atoms with Crippen LogP contribution in [0.1, 0.15) is 20.8 Å². The molecule has 0 unspecified atom stereocenters. The molecule has 0 spiro atoms. The molecule has 2 amide bonds. The van der Waals surface area contributed by atoms with Crippen molar-refractivity contribution < 1.29 is 9.59 Å². The average Bonchev–Trinajstić information content (AvgIpc) is 2.69. The Hall–Kier alpha value is -2.08. The zero-order chi connectivity index (χ0) is 14.0. The van der Waals surface area contributed by atoms with Crippen LogP contribution in [-0.2, 0) is 7.05 Å². The van der Waals surface area contributed by atoms with Gasteiger partial charge in [0.05, 0.1) is 0 Å². The summed E-state index contributed by atoms with van der Waals surface area (Å²) in [6, 6.07) is 8.21. The number of carbonyl (C=O) groups excluding carboxylic acids is 2. The number of hydrogen-bond donors (Lipinski definition) is 2. The molecule has 2 aromatic rings. The van der Waals surface area contributed by atoms with Gasteiger partial charge in [0.2, 0.25) is 5.91 Å². The molecule has 0 radical (unpaired) electrons. The number of hydrogen-bond acceptors (Lipinski definition) is 2. The van der Waals surface area contributed by atoms with E-state index in [0.29, 0.717) is 16.9 Å². The molecule has 1 heterocycles. The molecule has 0 fully saturated rings. The fraction of sp³-hybridized carbons (Fsp3) is 0.0769. The number of primary amides is 1. The molecule has 0 aliphatic carbocycles. The van der Waals surface area contributed by atoms with Gasteiger partial charge in [0.15, 0.2) is 0 Å². The van der Waals surface area contributed by atoms with E-state index >= 15 is 0 Å². The van der Waals surface area contributed by atoms with E-state index in [2.05, 4.69) is 21.2 Å². The number of nitrogens with zero attached hydrogens (tertiary/aromatic N) is 1. The Balaban J connectivity index is 2.21. The molecule has 1 aromatic carbocycles. The van der Waals surface area contributed by atoms with Gasteiger partial charge in [-0.15, -0.1) is 0 Å². The lowest BCUT2D eigenvalue weighted by Crippen LogP contribution is -2.16. The Labute approximate surface area is 118 Å². The summed E-state index contributed by atoms with van der Waals surface area (Å²) >= 11 is 3.31. The van der Waals surface area contributed by atoms with Gasteiger partial charge in [0.25, 0.3) is 5.91 Å². The fourth-order valence-electron chi connectivity index (χ4n) is 1.70. The minimum atomic E-state index is -0.530. The van der Waals surface area contributed by atoms with Gasteiger partial charge in [-0.3, -0.25) is 9.59 Å². The van der Waals surface area contributed by atoms with Gasteiger partial charge in [-0.25, -0.2) is 0 Å². The first-order valence-electron chi connectivity index (χ1n) is 5.50. The minimum absolute atomic E-state index is 0.255. The van der Waals surface area contributed by atoms with Crippen LogP contribution in [0.3, 0.4) is 0 Å². The molecule has 0 bridgehead atoms. The summed E-state index contributed by atoms with van der Waals surface area (Å²) in [5, 5.41) is 2.72. The largest absolute Gasteiger partial charge is 0.366 e. The average molecular weight is 322 g/mol. The minimum Gasteiger partial charge on any atom is -0.366 e. The van der Waals surface area contributed by atoms with Crippen LogP contribution < -0.4 is 11.1 Å². The first-order valence-corrected chi connectivity index (χ1v) is 6.30. The van der Waals surface area contributed by atoms with Gasteiger partial charge in [-0.1, -0.05) is 6.07 Å². The number of aryl methyl sites for hydroxylation is 1. The summed E-state index contributed by atoms with van der Waals surface area (Å²) in [6.07, 6.45) is 1.79. The quantitative estimate of drug-likeness (QED) is 0.908. The lowest BCUT2D eigenvalue weighted by Gasteiger charge is -2.06. The van der Waals surface area contributed by atoms with Crippen LogP contribution >= 0.6 is 15.9 Å². The molecule has 98 valence electrons. The van der Waals surface area contributed by atoms with Gasteiger partial charge >= 0.3 is 0 Å². The number of benzene rings is 1. The molecule has 5 nitrogen and oxygen atoms in total. The highest BCUT2D eigenvalue weighted by Crippen LogP contribution is 2.16. The van der Waals surface area contributed by atoms with E-state index in [0.717, 1.165) is 4.47 Å². The van der Waals surface area contributed by atoms with Crippen molar-refractivity contribution in [3.05, 3.63) is 52.3 Å². The van der Waals surface area contributed by atoms with E-state index < -0.39 is 5.91 Å². The Morgan fingerprint density at radius 2 is 2.05 bits per heavy atom. The van der Waals surface area contributed by atoms with E-state index in [1.165, 1.54) is 6.07 Å². The fourth-order valence-corrected chi connectivity index (χ4v) is 2.22. The van der Waals surface area contributed by atoms with Gasteiger partial charge < -0.3 is 15.6 Å². The summed E-state index contributed by atoms with van der Waals surface area (Å²) in [5.41, 5.74) is 6.58. The number of anilines is 1. The maximum Gasteiger partial charge on any atom is 0.272 e. The van der Waals surface area contributed by atoms with E-state index in [9.17, 15) is 9.59 Å². The topological polar surface area (TPSA) is 77.1 Å². The Bertz CT molecular complexity index is 649. The zero-order valence-electron chi connectivity index (χ0n) is 10.2. The van der Waals surface area contributed by atoms with Crippen molar-refractivity contribution in [3.8, 4) is 0 Å². The van der Waals surface area contributed by atoms with E-state index in [1.54, 1.807) is 42.1 Å².